The summed E-state index contributed by atoms with van der Waals surface area (Å²) in [7, 11) is 0. The first kappa shape index (κ1) is 20.0. The van der Waals surface area contributed by atoms with Gasteiger partial charge in [-0.25, -0.2) is 0 Å². The Bertz CT molecular complexity index is 1130. The molecule has 4 aromatic rings. The van der Waals surface area contributed by atoms with Crippen LogP contribution < -0.4 is 9.47 Å². The minimum atomic E-state index is -0.506. The molecule has 0 N–H and O–H groups in total. The third kappa shape index (κ3) is 4.62. The van der Waals surface area contributed by atoms with Gasteiger partial charge in [0.05, 0.1) is 0 Å². The third-order valence-electron chi connectivity index (χ3n) is 4.42. The van der Waals surface area contributed by atoms with Gasteiger partial charge in [0.2, 0.25) is 0 Å². The summed E-state index contributed by atoms with van der Waals surface area (Å²) in [6.45, 7) is 0. The zero-order valence-electron chi connectivity index (χ0n) is 15.5. The standard InChI is InChI=1S/C24H14Cl2O4/c25-23(27)15-1-7-19(8-2-15)29-21-11-5-18-14-22(12-6-17(18)13-21)30-20-9-3-16(4-10-20)24(26)28/h1-14H. The Kier molecular flexibility index (Phi) is 5.70. The molecular formula is C24H14Cl2O4. The predicted molar refractivity (Wildman–Crippen MR) is 117 cm³/mol. The monoisotopic (exact) mass is 436 g/mol. The van der Waals surface area contributed by atoms with E-state index in [4.69, 9.17) is 32.7 Å². The molecule has 0 unspecified atom stereocenters. The first-order chi connectivity index (χ1) is 14.5. The summed E-state index contributed by atoms with van der Waals surface area (Å²) < 4.78 is 11.7. The van der Waals surface area contributed by atoms with Crippen LogP contribution in [0.5, 0.6) is 23.0 Å². The first-order valence-corrected chi connectivity index (χ1v) is 9.73. The van der Waals surface area contributed by atoms with Gasteiger partial charge in [-0.2, -0.15) is 0 Å². The van der Waals surface area contributed by atoms with Gasteiger partial charge >= 0.3 is 0 Å². The molecule has 0 aliphatic carbocycles. The van der Waals surface area contributed by atoms with Crippen LogP contribution in [0, 0.1) is 0 Å². The number of hydrogen-bond donors (Lipinski definition) is 0. The molecule has 6 heteroatoms. The van der Waals surface area contributed by atoms with Crippen LogP contribution in [0.2, 0.25) is 0 Å². The van der Waals surface area contributed by atoms with Crippen molar-refractivity contribution in [2.24, 2.45) is 0 Å². The molecule has 0 saturated heterocycles. The summed E-state index contributed by atoms with van der Waals surface area (Å²) in [6.07, 6.45) is 0. The molecule has 0 aromatic heterocycles. The summed E-state index contributed by atoms with van der Waals surface area (Å²) >= 11 is 10.9. The van der Waals surface area contributed by atoms with Crippen LogP contribution in [0.25, 0.3) is 10.8 Å². The molecule has 0 spiro atoms. The zero-order chi connectivity index (χ0) is 21.1. The van der Waals surface area contributed by atoms with Crippen molar-refractivity contribution < 1.29 is 19.1 Å². The van der Waals surface area contributed by atoms with Crippen LogP contribution in [0.4, 0.5) is 0 Å². The smallest absolute Gasteiger partial charge is 0.252 e. The fourth-order valence-electron chi connectivity index (χ4n) is 2.91. The number of fused-ring (bicyclic) bond motifs is 1. The zero-order valence-corrected chi connectivity index (χ0v) is 17.0. The molecule has 0 aliphatic heterocycles. The van der Waals surface area contributed by atoms with Crippen molar-refractivity contribution >= 4 is 44.5 Å². The van der Waals surface area contributed by atoms with E-state index in [0.29, 0.717) is 34.1 Å². The van der Waals surface area contributed by atoms with E-state index in [9.17, 15) is 9.59 Å². The number of rotatable bonds is 6. The molecule has 0 fully saturated rings. The van der Waals surface area contributed by atoms with Crippen LogP contribution in [0.3, 0.4) is 0 Å². The van der Waals surface area contributed by atoms with E-state index in [-0.39, 0.29) is 0 Å². The Morgan fingerprint density at radius 3 is 1.17 bits per heavy atom. The summed E-state index contributed by atoms with van der Waals surface area (Å²) in [4.78, 5) is 22.3. The summed E-state index contributed by atoms with van der Waals surface area (Å²) in [5.41, 5.74) is 0.831. The Hall–Kier alpha value is -3.34. The molecule has 0 amide bonds. The lowest BCUT2D eigenvalue weighted by Crippen LogP contribution is -1.90. The minimum absolute atomic E-state index is 0.416. The fraction of sp³-hybridized carbons (Fsp3) is 0. The van der Waals surface area contributed by atoms with Crippen molar-refractivity contribution in [2.75, 3.05) is 0 Å². The van der Waals surface area contributed by atoms with Crippen molar-refractivity contribution in [1.82, 2.24) is 0 Å². The number of halogens is 2. The second-order valence-corrected chi connectivity index (χ2v) is 7.16. The van der Waals surface area contributed by atoms with E-state index in [2.05, 4.69) is 0 Å². The summed E-state index contributed by atoms with van der Waals surface area (Å²) in [5.74, 6) is 2.55. The fourth-order valence-corrected chi connectivity index (χ4v) is 3.16. The topological polar surface area (TPSA) is 52.6 Å². The lowest BCUT2D eigenvalue weighted by Gasteiger charge is -2.09. The van der Waals surface area contributed by atoms with Gasteiger partial charge < -0.3 is 9.47 Å². The van der Waals surface area contributed by atoms with E-state index < -0.39 is 10.5 Å². The number of hydrogen-bond acceptors (Lipinski definition) is 4. The number of ether oxygens (including phenoxy) is 2. The van der Waals surface area contributed by atoms with Gasteiger partial charge in [0.25, 0.3) is 10.5 Å². The lowest BCUT2D eigenvalue weighted by atomic mass is 10.1. The molecular weight excluding hydrogens is 423 g/mol. The number of benzene rings is 4. The SMILES string of the molecule is O=C(Cl)c1ccc(Oc2ccc3cc(Oc4ccc(C(=O)Cl)cc4)ccc3c2)cc1. The van der Waals surface area contributed by atoms with Crippen molar-refractivity contribution in [2.45, 2.75) is 0 Å². The maximum Gasteiger partial charge on any atom is 0.252 e. The number of carbonyl (C=O) groups excluding carboxylic acids is 2. The van der Waals surface area contributed by atoms with Gasteiger partial charge in [-0.15, -0.1) is 0 Å². The van der Waals surface area contributed by atoms with Gasteiger partial charge in [0, 0.05) is 11.1 Å². The van der Waals surface area contributed by atoms with Crippen LogP contribution >= 0.6 is 23.2 Å². The van der Waals surface area contributed by atoms with Gasteiger partial charge in [-0.3, -0.25) is 9.59 Å². The highest BCUT2D eigenvalue weighted by atomic mass is 35.5. The highest BCUT2D eigenvalue weighted by Gasteiger charge is 2.06. The van der Waals surface area contributed by atoms with Crippen LogP contribution in [-0.4, -0.2) is 10.5 Å². The Morgan fingerprint density at radius 1 is 0.500 bits per heavy atom. The second kappa shape index (κ2) is 8.57. The van der Waals surface area contributed by atoms with E-state index in [1.807, 2.05) is 36.4 Å². The van der Waals surface area contributed by atoms with E-state index in [0.717, 1.165) is 10.8 Å². The third-order valence-corrected chi connectivity index (χ3v) is 4.85. The summed E-state index contributed by atoms with van der Waals surface area (Å²) in [6, 6.07) is 24.7. The Labute approximate surface area is 182 Å². The molecule has 0 saturated carbocycles. The van der Waals surface area contributed by atoms with Crippen molar-refractivity contribution in [3.8, 4) is 23.0 Å². The average molecular weight is 437 g/mol. The molecule has 0 heterocycles. The molecule has 30 heavy (non-hydrogen) atoms. The van der Waals surface area contributed by atoms with Gasteiger partial charge in [0.1, 0.15) is 23.0 Å². The normalized spacial score (nSPS) is 10.6. The summed E-state index contributed by atoms with van der Waals surface area (Å²) in [5, 5.41) is 0.952. The highest BCUT2D eigenvalue weighted by Crippen LogP contribution is 2.30. The Morgan fingerprint density at radius 2 is 0.833 bits per heavy atom. The maximum absolute atomic E-state index is 11.1. The molecule has 4 aromatic carbocycles. The van der Waals surface area contributed by atoms with Crippen LogP contribution in [-0.2, 0) is 0 Å². The highest BCUT2D eigenvalue weighted by molar-refractivity contribution is 6.68. The quantitative estimate of drug-likeness (QED) is 0.300. The molecule has 4 nitrogen and oxygen atoms in total. The van der Waals surface area contributed by atoms with Crippen molar-refractivity contribution in [3.63, 3.8) is 0 Å². The van der Waals surface area contributed by atoms with E-state index in [1.54, 1.807) is 48.5 Å². The van der Waals surface area contributed by atoms with Crippen molar-refractivity contribution in [1.29, 1.82) is 0 Å². The van der Waals surface area contributed by atoms with Gasteiger partial charge in [-0.1, -0.05) is 12.1 Å². The van der Waals surface area contributed by atoms with Gasteiger partial charge in [0.15, 0.2) is 0 Å². The molecule has 0 atom stereocenters. The predicted octanol–water partition coefficient (Wildman–Crippen LogP) is 7.18. The molecule has 0 aliphatic rings. The van der Waals surface area contributed by atoms with E-state index >= 15 is 0 Å². The largest absolute Gasteiger partial charge is 0.457 e. The van der Waals surface area contributed by atoms with E-state index in [1.165, 1.54) is 0 Å². The molecule has 148 valence electrons. The molecule has 0 radical (unpaired) electrons. The maximum atomic E-state index is 11.1. The number of carbonyl (C=O) groups is 2. The van der Waals surface area contributed by atoms with Gasteiger partial charge in [-0.05, 0) is 107 Å². The second-order valence-electron chi connectivity index (χ2n) is 6.47. The minimum Gasteiger partial charge on any atom is -0.457 e. The lowest BCUT2D eigenvalue weighted by molar-refractivity contribution is 0.107. The Balaban J connectivity index is 1.50. The first-order valence-electron chi connectivity index (χ1n) is 8.97. The molecule has 4 rings (SSSR count). The van der Waals surface area contributed by atoms with Crippen LogP contribution in [0.1, 0.15) is 20.7 Å². The average Bonchev–Trinajstić information content (AvgIpc) is 2.74. The van der Waals surface area contributed by atoms with Crippen LogP contribution in [0.15, 0.2) is 84.9 Å². The molecule has 0 bridgehead atoms. The van der Waals surface area contributed by atoms with Crippen molar-refractivity contribution in [3.05, 3.63) is 96.1 Å².